The summed E-state index contributed by atoms with van der Waals surface area (Å²) in [4.78, 5) is 10.7. The number of nitrogens with zero attached hydrogens (tertiary/aromatic N) is 1. The van der Waals surface area contributed by atoms with Crippen LogP contribution in [0.15, 0.2) is 24.4 Å². The lowest BCUT2D eigenvalue weighted by atomic mass is 9.99. The Hall–Kier alpha value is -2.10. The lowest BCUT2D eigenvalue weighted by Gasteiger charge is -2.05. The van der Waals surface area contributed by atoms with Crippen LogP contribution in [-0.4, -0.2) is 21.3 Å². The summed E-state index contributed by atoms with van der Waals surface area (Å²) >= 11 is 0. The van der Waals surface area contributed by atoms with Crippen molar-refractivity contribution in [1.29, 1.82) is 0 Å². The van der Waals surface area contributed by atoms with E-state index in [0.29, 0.717) is 6.42 Å². The van der Waals surface area contributed by atoms with E-state index < -0.39 is 5.97 Å². The number of nitrogens with one attached hydrogen (secondary N) is 1. The molecular weight excluding hydrogens is 240 g/mol. The molecule has 4 nitrogen and oxygen atoms in total. The normalized spacial score (nSPS) is 13.5. The number of aromatic nitrogens is 2. The van der Waals surface area contributed by atoms with Gasteiger partial charge in [0, 0.05) is 17.7 Å². The van der Waals surface area contributed by atoms with Crippen molar-refractivity contribution in [1.82, 2.24) is 10.2 Å². The number of aryl methyl sites for hydroxylation is 3. The van der Waals surface area contributed by atoms with E-state index in [9.17, 15) is 4.79 Å². The number of carboxylic acid groups (broad SMARTS) is 1. The molecule has 0 spiro atoms. The number of carbonyl (C=O) groups is 1. The second kappa shape index (κ2) is 4.88. The molecule has 4 heteroatoms. The fraction of sp³-hybridized carbons (Fsp3) is 0.333. The standard InChI is InChI=1S/C15H16N2O2/c18-15(19)7-6-14-13(9-16-17-14)12-5-4-10-2-1-3-11(10)8-12/h4-5,8-9H,1-3,6-7H2,(H,16,17)(H,18,19). The summed E-state index contributed by atoms with van der Waals surface area (Å²) in [5.74, 6) is -0.783. The largest absolute Gasteiger partial charge is 0.481 e. The van der Waals surface area contributed by atoms with Gasteiger partial charge in [0.1, 0.15) is 0 Å². The zero-order chi connectivity index (χ0) is 13.2. The number of hydrogen-bond acceptors (Lipinski definition) is 2. The highest BCUT2D eigenvalue weighted by Crippen LogP contribution is 2.29. The van der Waals surface area contributed by atoms with E-state index in [1.54, 1.807) is 6.20 Å². The van der Waals surface area contributed by atoms with E-state index in [2.05, 4.69) is 28.4 Å². The number of H-pyrrole nitrogens is 1. The number of carboxylic acids is 1. The Morgan fingerprint density at radius 1 is 1.32 bits per heavy atom. The molecule has 1 aromatic carbocycles. The molecule has 3 rings (SSSR count). The SMILES string of the molecule is O=C(O)CCc1[nH]ncc1-c1ccc2c(c1)CCC2. The summed E-state index contributed by atoms with van der Waals surface area (Å²) in [6.45, 7) is 0. The molecule has 19 heavy (non-hydrogen) atoms. The van der Waals surface area contributed by atoms with Crippen molar-refractivity contribution in [2.75, 3.05) is 0 Å². The second-order valence-corrected chi connectivity index (χ2v) is 4.99. The Bertz CT molecular complexity index is 616. The summed E-state index contributed by atoms with van der Waals surface area (Å²) in [6, 6.07) is 6.52. The first-order chi connectivity index (χ1) is 9.24. The molecule has 1 aliphatic rings. The van der Waals surface area contributed by atoms with Crippen LogP contribution >= 0.6 is 0 Å². The highest BCUT2D eigenvalue weighted by atomic mass is 16.4. The fourth-order valence-corrected chi connectivity index (χ4v) is 2.72. The van der Waals surface area contributed by atoms with Gasteiger partial charge in [-0.25, -0.2) is 0 Å². The van der Waals surface area contributed by atoms with E-state index in [1.807, 2.05) is 0 Å². The van der Waals surface area contributed by atoms with Gasteiger partial charge < -0.3 is 5.11 Å². The van der Waals surface area contributed by atoms with E-state index in [1.165, 1.54) is 24.0 Å². The van der Waals surface area contributed by atoms with Crippen molar-refractivity contribution in [3.63, 3.8) is 0 Å². The Balaban J connectivity index is 1.90. The predicted octanol–water partition coefficient (Wildman–Crippen LogP) is 2.58. The second-order valence-electron chi connectivity index (χ2n) is 4.99. The summed E-state index contributed by atoms with van der Waals surface area (Å²) in [5, 5.41) is 15.7. The average molecular weight is 256 g/mol. The maximum Gasteiger partial charge on any atom is 0.303 e. The third kappa shape index (κ3) is 2.38. The topological polar surface area (TPSA) is 66.0 Å². The zero-order valence-corrected chi connectivity index (χ0v) is 10.6. The highest BCUT2D eigenvalue weighted by molar-refractivity contribution is 5.70. The van der Waals surface area contributed by atoms with Gasteiger partial charge in [0.15, 0.2) is 0 Å². The molecule has 1 heterocycles. The molecule has 0 bridgehead atoms. The van der Waals surface area contributed by atoms with Crippen molar-refractivity contribution in [2.45, 2.75) is 32.1 Å². The maximum absolute atomic E-state index is 10.7. The molecule has 0 aliphatic heterocycles. The van der Waals surface area contributed by atoms with Crippen LogP contribution in [0.1, 0.15) is 29.7 Å². The average Bonchev–Trinajstić information content (AvgIpc) is 3.04. The van der Waals surface area contributed by atoms with Crippen molar-refractivity contribution in [2.24, 2.45) is 0 Å². The Morgan fingerprint density at radius 2 is 2.16 bits per heavy atom. The lowest BCUT2D eigenvalue weighted by molar-refractivity contribution is -0.136. The minimum Gasteiger partial charge on any atom is -0.481 e. The van der Waals surface area contributed by atoms with Gasteiger partial charge in [-0.15, -0.1) is 0 Å². The molecule has 2 N–H and O–H groups in total. The molecule has 98 valence electrons. The highest BCUT2D eigenvalue weighted by Gasteiger charge is 2.14. The van der Waals surface area contributed by atoms with Crippen LogP contribution in [0.4, 0.5) is 0 Å². The third-order valence-electron chi connectivity index (χ3n) is 3.72. The van der Waals surface area contributed by atoms with Gasteiger partial charge in [-0.3, -0.25) is 9.89 Å². The summed E-state index contributed by atoms with van der Waals surface area (Å²) < 4.78 is 0. The van der Waals surface area contributed by atoms with Crippen LogP contribution in [-0.2, 0) is 24.1 Å². The number of fused-ring (bicyclic) bond motifs is 1. The van der Waals surface area contributed by atoms with E-state index in [4.69, 9.17) is 5.11 Å². The fourth-order valence-electron chi connectivity index (χ4n) is 2.72. The van der Waals surface area contributed by atoms with Gasteiger partial charge in [0.05, 0.1) is 12.6 Å². The van der Waals surface area contributed by atoms with E-state index in [0.717, 1.165) is 23.2 Å². The molecule has 1 aliphatic carbocycles. The quantitative estimate of drug-likeness (QED) is 0.883. The summed E-state index contributed by atoms with van der Waals surface area (Å²) in [5.41, 5.74) is 5.92. The molecule has 0 unspecified atom stereocenters. The van der Waals surface area contributed by atoms with Crippen molar-refractivity contribution < 1.29 is 9.90 Å². The Kier molecular flexibility index (Phi) is 3.07. The van der Waals surface area contributed by atoms with E-state index in [-0.39, 0.29) is 6.42 Å². The van der Waals surface area contributed by atoms with Gasteiger partial charge in [-0.05, 0) is 36.0 Å². The Morgan fingerprint density at radius 3 is 3.00 bits per heavy atom. The molecular formula is C15H16N2O2. The zero-order valence-electron chi connectivity index (χ0n) is 10.6. The number of rotatable bonds is 4. The first kappa shape index (κ1) is 12.0. The van der Waals surface area contributed by atoms with Gasteiger partial charge in [-0.2, -0.15) is 5.10 Å². The van der Waals surface area contributed by atoms with Crippen LogP contribution in [0, 0.1) is 0 Å². The maximum atomic E-state index is 10.7. The van der Waals surface area contributed by atoms with Gasteiger partial charge >= 0.3 is 5.97 Å². The molecule has 0 saturated carbocycles. The summed E-state index contributed by atoms with van der Waals surface area (Å²) in [7, 11) is 0. The van der Waals surface area contributed by atoms with Crippen LogP contribution in [0.25, 0.3) is 11.1 Å². The number of benzene rings is 1. The van der Waals surface area contributed by atoms with Crippen LogP contribution in [0.3, 0.4) is 0 Å². The third-order valence-corrected chi connectivity index (χ3v) is 3.72. The van der Waals surface area contributed by atoms with Gasteiger partial charge in [0.2, 0.25) is 0 Å². The van der Waals surface area contributed by atoms with Crippen LogP contribution < -0.4 is 0 Å². The van der Waals surface area contributed by atoms with Crippen molar-refractivity contribution in [3.05, 3.63) is 41.2 Å². The molecule has 0 atom stereocenters. The molecule has 0 fully saturated rings. The number of aromatic amines is 1. The first-order valence-corrected chi connectivity index (χ1v) is 6.60. The van der Waals surface area contributed by atoms with Crippen molar-refractivity contribution >= 4 is 5.97 Å². The van der Waals surface area contributed by atoms with Gasteiger partial charge in [0.25, 0.3) is 0 Å². The lowest BCUT2D eigenvalue weighted by Crippen LogP contribution is -1.99. The molecule has 0 amide bonds. The molecule has 2 aromatic rings. The smallest absolute Gasteiger partial charge is 0.303 e. The van der Waals surface area contributed by atoms with E-state index >= 15 is 0 Å². The van der Waals surface area contributed by atoms with Crippen molar-refractivity contribution in [3.8, 4) is 11.1 Å². The molecule has 0 radical (unpaired) electrons. The Labute approximate surface area is 111 Å². The molecule has 1 aromatic heterocycles. The van der Waals surface area contributed by atoms with Crippen LogP contribution in [0.2, 0.25) is 0 Å². The minimum absolute atomic E-state index is 0.125. The van der Waals surface area contributed by atoms with Crippen LogP contribution in [0.5, 0.6) is 0 Å². The first-order valence-electron chi connectivity index (χ1n) is 6.60. The molecule has 0 saturated heterocycles. The predicted molar refractivity (Wildman–Crippen MR) is 72.0 cm³/mol. The summed E-state index contributed by atoms with van der Waals surface area (Å²) in [6.07, 6.45) is 5.95. The monoisotopic (exact) mass is 256 g/mol. The number of aliphatic carboxylic acids is 1. The minimum atomic E-state index is -0.783. The number of hydrogen-bond donors (Lipinski definition) is 2. The van der Waals surface area contributed by atoms with Gasteiger partial charge in [-0.1, -0.05) is 18.2 Å².